The molecular formula is C22H25N3O3. The number of carbonyl (C=O) groups is 1. The van der Waals surface area contributed by atoms with Gasteiger partial charge in [0.25, 0.3) is 0 Å². The number of rotatable bonds is 6. The van der Waals surface area contributed by atoms with Gasteiger partial charge in [0.1, 0.15) is 12.4 Å². The number of carbonyl (C=O) groups excluding carboxylic acids is 1. The fraction of sp³-hybridized carbons (Fsp3) is 0.455. The molecule has 28 heavy (non-hydrogen) atoms. The summed E-state index contributed by atoms with van der Waals surface area (Å²) in [5.41, 5.74) is 4.53. The third-order valence-corrected chi connectivity index (χ3v) is 5.80. The van der Waals surface area contributed by atoms with Crippen LogP contribution >= 0.6 is 0 Å². The second-order valence-corrected chi connectivity index (χ2v) is 7.88. The van der Waals surface area contributed by atoms with E-state index in [2.05, 4.69) is 28.5 Å². The zero-order valence-electron chi connectivity index (χ0n) is 15.9. The molecule has 2 aliphatic heterocycles. The molecule has 1 unspecified atom stereocenters. The van der Waals surface area contributed by atoms with Gasteiger partial charge in [0.2, 0.25) is 5.91 Å². The van der Waals surface area contributed by atoms with E-state index in [1.165, 1.54) is 24.0 Å². The second kappa shape index (κ2) is 7.43. The van der Waals surface area contributed by atoms with Gasteiger partial charge in [0.15, 0.2) is 0 Å². The van der Waals surface area contributed by atoms with Gasteiger partial charge in [0, 0.05) is 43.2 Å². The molecule has 1 aromatic heterocycles. The minimum Gasteiger partial charge on any atom is -0.493 e. The number of ether oxygens (including phenoxy) is 2. The molecule has 2 fully saturated rings. The number of nitrogens with zero attached hydrogens (tertiary/aromatic N) is 2. The Morgan fingerprint density at radius 2 is 2.18 bits per heavy atom. The van der Waals surface area contributed by atoms with Gasteiger partial charge >= 0.3 is 0 Å². The molecule has 5 rings (SSSR count). The van der Waals surface area contributed by atoms with Crippen molar-refractivity contribution in [1.29, 1.82) is 0 Å². The van der Waals surface area contributed by atoms with E-state index in [0.29, 0.717) is 19.1 Å². The zero-order valence-corrected chi connectivity index (χ0v) is 15.9. The molecule has 1 aromatic carbocycles. The van der Waals surface area contributed by atoms with Crippen LogP contribution in [0.15, 0.2) is 36.7 Å². The summed E-state index contributed by atoms with van der Waals surface area (Å²) >= 11 is 0. The molecule has 1 N–H and O–H groups in total. The first kappa shape index (κ1) is 17.5. The van der Waals surface area contributed by atoms with Gasteiger partial charge in [-0.3, -0.25) is 9.78 Å². The van der Waals surface area contributed by atoms with Gasteiger partial charge < -0.3 is 19.7 Å². The van der Waals surface area contributed by atoms with Crippen molar-refractivity contribution in [3.8, 4) is 5.75 Å². The zero-order chi connectivity index (χ0) is 18.9. The molecule has 0 bridgehead atoms. The van der Waals surface area contributed by atoms with Gasteiger partial charge in [-0.05, 0) is 42.0 Å². The Morgan fingerprint density at radius 1 is 1.25 bits per heavy atom. The van der Waals surface area contributed by atoms with Crippen molar-refractivity contribution in [1.82, 2.24) is 9.88 Å². The maximum Gasteiger partial charge on any atom is 0.249 e. The number of amides is 1. The van der Waals surface area contributed by atoms with Gasteiger partial charge in [-0.1, -0.05) is 12.1 Å². The lowest BCUT2D eigenvalue weighted by molar-refractivity contribution is -0.148. The molecule has 2 aromatic rings. The predicted octanol–water partition coefficient (Wildman–Crippen LogP) is 2.94. The van der Waals surface area contributed by atoms with Crippen molar-refractivity contribution in [2.24, 2.45) is 5.92 Å². The Labute approximate surface area is 164 Å². The quantitative estimate of drug-likeness (QED) is 0.836. The molecule has 1 saturated heterocycles. The van der Waals surface area contributed by atoms with Crippen LogP contribution in [-0.4, -0.2) is 42.2 Å². The lowest BCUT2D eigenvalue weighted by Crippen LogP contribution is -2.45. The molecule has 1 atom stereocenters. The first-order valence-electron chi connectivity index (χ1n) is 10.1. The fourth-order valence-electron chi connectivity index (χ4n) is 4.05. The summed E-state index contributed by atoms with van der Waals surface area (Å²) in [4.78, 5) is 18.8. The summed E-state index contributed by atoms with van der Waals surface area (Å²) in [6.07, 6.45) is 7.07. The average molecular weight is 379 g/mol. The standard InChI is InChI=1S/C22H25N3O3/c26-22-14-27-13-20(25(22)12-15-1-2-15)18-11-23-7-5-19(18)24-10-16-3-4-21-17(9-16)6-8-28-21/h3-5,7,9,11,15,20H,1-2,6,8,10,12-14H2,(H,23,24). The maximum absolute atomic E-state index is 12.5. The summed E-state index contributed by atoms with van der Waals surface area (Å²) in [7, 11) is 0. The molecule has 6 heteroatoms. The third kappa shape index (κ3) is 3.56. The van der Waals surface area contributed by atoms with Gasteiger partial charge in [-0.2, -0.15) is 0 Å². The van der Waals surface area contributed by atoms with Gasteiger partial charge in [-0.15, -0.1) is 0 Å². The number of aromatic nitrogens is 1. The van der Waals surface area contributed by atoms with Crippen LogP contribution in [0.4, 0.5) is 5.69 Å². The van der Waals surface area contributed by atoms with Crippen molar-refractivity contribution >= 4 is 11.6 Å². The Balaban J connectivity index is 1.35. The van der Waals surface area contributed by atoms with E-state index in [0.717, 1.165) is 36.6 Å². The predicted molar refractivity (Wildman–Crippen MR) is 105 cm³/mol. The molecule has 6 nitrogen and oxygen atoms in total. The Hall–Kier alpha value is -2.60. The number of hydrogen-bond acceptors (Lipinski definition) is 5. The van der Waals surface area contributed by atoms with Crippen LogP contribution < -0.4 is 10.1 Å². The minimum absolute atomic E-state index is 0.0773. The Kier molecular flexibility index (Phi) is 4.64. The smallest absolute Gasteiger partial charge is 0.249 e. The summed E-state index contributed by atoms with van der Waals surface area (Å²) in [5, 5.41) is 3.55. The lowest BCUT2D eigenvalue weighted by atomic mass is 10.0. The first-order valence-corrected chi connectivity index (χ1v) is 10.1. The van der Waals surface area contributed by atoms with Crippen LogP contribution in [0, 0.1) is 5.92 Å². The lowest BCUT2D eigenvalue weighted by Gasteiger charge is -2.36. The van der Waals surface area contributed by atoms with E-state index in [4.69, 9.17) is 9.47 Å². The molecule has 3 aliphatic rings. The van der Waals surface area contributed by atoms with Crippen molar-refractivity contribution in [2.75, 3.05) is 31.7 Å². The van der Waals surface area contributed by atoms with E-state index in [-0.39, 0.29) is 18.6 Å². The van der Waals surface area contributed by atoms with E-state index in [9.17, 15) is 4.79 Å². The average Bonchev–Trinajstić information content (AvgIpc) is 3.42. The van der Waals surface area contributed by atoms with Crippen LogP contribution in [0.3, 0.4) is 0 Å². The van der Waals surface area contributed by atoms with Crippen LogP contribution in [0.2, 0.25) is 0 Å². The number of hydrogen-bond donors (Lipinski definition) is 1. The van der Waals surface area contributed by atoms with Crippen molar-refractivity contribution in [2.45, 2.75) is 31.8 Å². The van der Waals surface area contributed by atoms with Crippen LogP contribution in [0.1, 0.15) is 35.6 Å². The van der Waals surface area contributed by atoms with Crippen molar-refractivity contribution in [3.05, 3.63) is 53.3 Å². The van der Waals surface area contributed by atoms with E-state index in [1.807, 2.05) is 17.2 Å². The van der Waals surface area contributed by atoms with Gasteiger partial charge in [-0.25, -0.2) is 0 Å². The fourth-order valence-corrected chi connectivity index (χ4v) is 4.05. The highest BCUT2D eigenvalue weighted by molar-refractivity contribution is 5.79. The molecule has 1 amide bonds. The largest absolute Gasteiger partial charge is 0.493 e. The summed E-state index contributed by atoms with van der Waals surface area (Å²) in [6, 6.07) is 8.28. The molecule has 0 spiro atoms. The molecular weight excluding hydrogens is 354 g/mol. The minimum atomic E-state index is -0.0773. The Morgan fingerprint density at radius 3 is 3.07 bits per heavy atom. The number of fused-ring (bicyclic) bond motifs is 1. The number of nitrogens with one attached hydrogen (secondary N) is 1. The van der Waals surface area contributed by atoms with Crippen LogP contribution in [0.5, 0.6) is 5.75 Å². The van der Waals surface area contributed by atoms with Crippen molar-refractivity contribution in [3.63, 3.8) is 0 Å². The van der Waals surface area contributed by atoms with Crippen LogP contribution in [-0.2, 0) is 22.5 Å². The molecule has 1 saturated carbocycles. The molecule has 146 valence electrons. The first-order chi connectivity index (χ1) is 13.8. The number of benzene rings is 1. The Bertz CT molecular complexity index is 881. The summed E-state index contributed by atoms with van der Waals surface area (Å²) in [5.74, 6) is 1.73. The number of morpholine rings is 1. The SMILES string of the molecule is O=C1COCC(c2cnccc2NCc2ccc3c(c2)CCO3)N1CC1CC1. The maximum atomic E-state index is 12.5. The second-order valence-electron chi connectivity index (χ2n) is 7.88. The highest BCUT2D eigenvalue weighted by atomic mass is 16.5. The van der Waals surface area contributed by atoms with E-state index >= 15 is 0 Å². The molecule has 1 aliphatic carbocycles. The normalized spacial score (nSPS) is 21.4. The summed E-state index contributed by atoms with van der Waals surface area (Å²) in [6.45, 7) is 3.02. The topological polar surface area (TPSA) is 63.7 Å². The number of anilines is 1. The molecule has 0 radical (unpaired) electrons. The number of pyridine rings is 1. The van der Waals surface area contributed by atoms with Crippen LogP contribution in [0.25, 0.3) is 0 Å². The monoisotopic (exact) mass is 379 g/mol. The van der Waals surface area contributed by atoms with E-state index in [1.54, 1.807) is 6.20 Å². The highest BCUT2D eigenvalue weighted by Gasteiger charge is 2.35. The third-order valence-electron chi connectivity index (χ3n) is 5.80. The summed E-state index contributed by atoms with van der Waals surface area (Å²) < 4.78 is 11.2. The van der Waals surface area contributed by atoms with Gasteiger partial charge in [0.05, 0.1) is 19.3 Å². The molecule has 3 heterocycles. The van der Waals surface area contributed by atoms with Crippen molar-refractivity contribution < 1.29 is 14.3 Å². The van der Waals surface area contributed by atoms with E-state index < -0.39 is 0 Å². The highest BCUT2D eigenvalue weighted by Crippen LogP contribution is 2.36.